The molecule has 18 heteroatoms. The first-order valence-electron chi connectivity index (χ1n) is 20.6. The van der Waals surface area contributed by atoms with Gasteiger partial charge in [-0.3, -0.25) is 25.8 Å². The number of hydrazine groups is 1. The molecule has 3 amide bonds. The number of benzene rings is 3. The highest BCUT2D eigenvalue weighted by atomic mass is 32.2. The number of rotatable bonds is 17. The van der Waals surface area contributed by atoms with Crippen molar-refractivity contribution in [2.24, 2.45) is 0 Å². The number of amides is 3. The Bertz CT molecular complexity index is 2130. The van der Waals surface area contributed by atoms with E-state index in [-0.39, 0.29) is 24.0 Å². The van der Waals surface area contributed by atoms with Gasteiger partial charge in [0.05, 0.1) is 17.9 Å². The molecule has 0 saturated carbocycles. The molecule has 0 aliphatic carbocycles. The zero-order valence-electron chi connectivity index (χ0n) is 37.1. The molecule has 0 unspecified atom stereocenters. The first-order chi connectivity index (χ1) is 29.8. The number of halogens is 6. The van der Waals surface area contributed by atoms with E-state index in [1.165, 1.54) is 39.2 Å². The fraction of sp³-hybridized carbons (Fsp3) is 0.435. The van der Waals surface area contributed by atoms with Crippen molar-refractivity contribution < 1.29 is 54.6 Å². The molecule has 0 saturated heterocycles. The minimum Gasteiger partial charge on any atom is -0.444 e. The molecule has 1 heterocycles. The maximum absolute atomic E-state index is 15.3. The minimum absolute atomic E-state index is 0.136. The summed E-state index contributed by atoms with van der Waals surface area (Å²) in [6.45, 7) is 12.2. The summed E-state index contributed by atoms with van der Waals surface area (Å²) >= 11 is 0.527. The number of aromatic nitrogens is 1. The number of carbonyl (C=O) groups excluding carboxylic acids is 3. The average Bonchev–Trinajstić information content (AvgIpc) is 3.21. The van der Waals surface area contributed by atoms with E-state index in [1.807, 2.05) is 48.7 Å². The molecule has 0 aliphatic rings. The predicted molar refractivity (Wildman–Crippen MR) is 238 cm³/mol. The maximum Gasteiger partial charge on any atom is 0.426 e. The van der Waals surface area contributed by atoms with E-state index in [2.05, 4.69) is 55.3 Å². The molecule has 64 heavy (non-hydrogen) atoms. The molecule has 4 rings (SSSR count). The number of anilines is 1. The third-order valence-electron chi connectivity index (χ3n) is 10.2. The minimum atomic E-state index is -5.32. The Labute approximate surface area is 375 Å². The van der Waals surface area contributed by atoms with Crippen LogP contribution in [0, 0.1) is 0 Å². The third-order valence-corrected chi connectivity index (χ3v) is 16.1. The molecule has 4 aromatic rings. The van der Waals surface area contributed by atoms with Gasteiger partial charge in [-0.2, -0.15) is 26.3 Å². The molecular weight excluding hydrogens is 879 g/mol. The SMILES string of the molecule is CSc1nc(C(=O)NNC(=O)[C@@](CCCCC[C@@H](C)O[Si](c2ccccc2)(c2ccccc2)C(C)(C)C)(OCc2ccccc2)C(F)(F)F)c(NC(=O)OC(C)(C)C)cc1C(F)(F)F. The van der Waals surface area contributed by atoms with Crippen molar-refractivity contribution in [2.75, 3.05) is 11.6 Å². The predicted octanol–water partition coefficient (Wildman–Crippen LogP) is 10.4. The summed E-state index contributed by atoms with van der Waals surface area (Å²) in [7, 11) is -2.91. The lowest BCUT2D eigenvalue weighted by molar-refractivity contribution is -0.273. The Morgan fingerprint density at radius 1 is 0.766 bits per heavy atom. The van der Waals surface area contributed by atoms with Crippen LogP contribution in [0.15, 0.2) is 102 Å². The van der Waals surface area contributed by atoms with Crippen molar-refractivity contribution in [2.45, 2.75) is 127 Å². The van der Waals surface area contributed by atoms with E-state index in [0.717, 1.165) is 10.4 Å². The molecule has 0 bridgehead atoms. The van der Waals surface area contributed by atoms with Gasteiger partial charge in [-0.1, -0.05) is 125 Å². The first-order valence-corrected chi connectivity index (χ1v) is 23.8. The Kier molecular flexibility index (Phi) is 17.3. The summed E-state index contributed by atoms with van der Waals surface area (Å²) < 4.78 is 106. The summed E-state index contributed by atoms with van der Waals surface area (Å²) in [4.78, 5) is 43.8. The second-order valence-corrected chi connectivity index (χ2v) is 22.3. The summed E-state index contributed by atoms with van der Waals surface area (Å²) in [6, 6.07) is 28.4. The smallest absolute Gasteiger partial charge is 0.426 e. The van der Waals surface area contributed by atoms with E-state index in [4.69, 9.17) is 13.9 Å². The van der Waals surface area contributed by atoms with Gasteiger partial charge in [0.15, 0.2) is 5.69 Å². The summed E-state index contributed by atoms with van der Waals surface area (Å²) in [6.07, 6.45) is -10.4. The van der Waals surface area contributed by atoms with Crippen LogP contribution in [0.5, 0.6) is 0 Å². The van der Waals surface area contributed by atoms with E-state index in [0.29, 0.717) is 36.2 Å². The largest absolute Gasteiger partial charge is 0.444 e. The molecular formula is C46H56F6N4O6SSi. The van der Waals surface area contributed by atoms with Crippen LogP contribution in [0.25, 0.3) is 0 Å². The Balaban J connectivity index is 1.57. The van der Waals surface area contributed by atoms with Gasteiger partial charge in [-0.05, 0) is 80.3 Å². The number of nitrogens with one attached hydrogen (secondary N) is 3. The molecule has 0 fully saturated rings. The van der Waals surface area contributed by atoms with Crippen molar-refractivity contribution in [3.63, 3.8) is 0 Å². The van der Waals surface area contributed by atoms with Crippen LogP contribution in [0.2, 0.25) is 5.04 Å². The summed E-state index contributed by atoms with van der Waals surface area (Å²) in [5, 5.41) is 3.24. The van der Waals surface area contributed by atoms with Crippen LogP contribution in [-0.4, -0.2) is 60.9 Å². The number of nitrogens with zero attached hydrogens (tertiary/aromatic N) is 1. The summed E-state index contributed by atoms with van der Waals surface area (Å²) in [5.41, 5.74) is -3.56. The fourth-order valence-electron chi connectivity index (χ4n) is 7.23. The monoisotopic (exact) mass is 934 g/mol. The van der Waals surface area contributed by atoms with Crippen LogP contribution in [-0.2, 0) is 31.5 Å². The van der Waals surface area contributed by atoms with Crippen molar-refractivity contribution in [3.8, 4) is 0 Å². The molecule has 0 aliphatic heterocycles. The number of thioether (sulfide) groups is 1. The lowest BCUT2D eigenvalue weighted by Gasteiger charge is -2.44. The second kappa shape index (κ2) is 21.4. The second-order valence-electron chi connectivity index (χ2n) is 17.3. The highest BCUT2D eigenvalue weighted by molar-refractivity contribution is 7.98. The zero-order valence-corrected chi connectivity index (χ0v) is 38.9. The number of hydrogen-bond acceptors (Lipinski definition) is 8. The van der Waals surface area contributed by atoms with Gasteiger partial charge in [0.1, 0.15) is 10.6 Å². The lowest BCUT2D eigenvalue weighted by Crippen LogP contribution is -2.67. The van der Waals surface area contributed by atoms with Gasteiger partial charge in [0.25, 0.3) is 20.1 Å². The molecule has 1 aromatic heterocycles. The van der Waals surface area contributed by atoms with Crippen LogP contribution in [0.1, 0.15) is 102 Å². The number of ether oxygens (including phenoxy) is 2. The molecule has 3 aromatic carbocycles. The van der Waals surface area contributed by atoms with Crippen LogP contribution in [0.3, 0.4) is 0 Å². The highest BCUT2D eigenvalue weighted by Gasteiger charge is 2.61. The zero-order chi connectivity index (χ0) is 47.6. The van der Waals surface area contributed by atoms with E-state index < -0.39 is 84.8 Å². The summed E-state index contributed by atoms with van der Waals surface area (Å²) in [5.74, 6) is -3.22. The number of carbonyl (C=O) groups is 3. The number of unbranched alkanes of at least 4 members (excludes halogenated alkanes) is 2. The van der Waals surface area contributed by atoms with E-state index in [9.17, 15) is 27.6 Å². The van der Waals surface area contributed by atoms with Gasteiger partial charge < -0.3 is 13.9 Å². The number of hydrogen-bond donors (Lipinski definition) is 3. The number of pyridine rings is 1. The molecule has 348 valence electrons. The molecule has 2 atom stereocenters. The quantitative estimate of drug-likeness (QED) is 0.0314. The molecule has 10 nitrogen and oxygen atoms in total. The standard InChI is InChI=1S/C46H56F6N4O6SSi/c1-31(62-64(43(5,6)7,33-24-16-10-17-25-33)34-26-18-11-19-27-34)21-13-12-20-28-44(46(50,51)52,60-30-32-22-14-9-15-23-32)40(58)56-55-38(57)37-36(53-41(59)61-42(2,3)4)29-35(45(47,48)49)39(54-37)63-8/h9-11,14-19,22-27,29,31H,12-13,20-21,28,30H2,1-8H3,(H,53,59)(H,55,57)(H,56,58)/t31-,44-/m1/s1. The van der Waals surface area contributed by atoms with Crippen LogP contribution >= 0.6 is 11.8 Å². The average molecular weight is 935 g/mol. The Morgan fingerprint density at radius 3 is 1.80 bits per heavy atom. The molecule has 3 N–H and O–H groups in total. The molecule has 0 spiro atoms. The highest BCUT2D eigenvalue weighted by Crippen LogP contribution is 2.41. The van der Waals surface area contributed by atoms with E-state index >= 15 is 13.2 Å². The van der Waals surface area contributed by atoms with Gasteiger partial charge in [-0.15, -0.1) is 11.8 Å². The maximum atomic E-state index is 15.3. The van der Waals surface area contributed by atoms with Gasteiger partial charge in [0.2, 0.25) is 5.60 Å². The van der Waals surface area contributed by atoms with Gasteiger partial charge in [0, 0.05) is 6.10 Å². The van der Waals surface area contributed by atoms with Crippen molar-refractivity contribution in [1.82, 2.24) is 15.8 Å². The van der Waals surface area contributed by atoms with Crippen molar-refractivity contribution in [3.05, 3.63) is 114 Å². The number of alkyl halides is 6. The third kappa shape index (κ3) is 13.1. The van der Waals surface area contributed by atoms with Gasteiger partial charge >= 0.3 is 18.4 Å². The van der Waals surface area contributed by atoms with Crippen LogP contribution in [0.4, 0.5) is 36.8 Å². The topological polar surface area (TPSA) is 128 Å². The lowest BCUT2D eigenvalue weighted by atomic mass is 9.93. The molecule has 0 radical (unpaired) electrons. The first kappa shape index (κ1) is 51.7. The van der Waals surface area contributed by atoms with Gasteiger partial charge in [-0.25, -0.2) is 9.78 Å². The van der Waals surface area contributed by atoms with Crippen LogP contribution < -0.4 is 26.5 Å². The van der Waals surface area contributed by atoms with Crippen molar-refractivity contribution >= 4 is 54.0 Å². The normalized spacial score (nSPS) is 14.0. The van der Waals surface area contributed by atoms with Crippen molar-refractivity contribution in [1.29, 1.82) is 0 Å². The van der Waals surface area contributed by atoms with E-state index in [1.54, 1.807) is 23.6 Å². The Morgan fingerprint density at radius 2 is 1.31 bits per heavy atom. The Hall–Kier alpha value is -4.91. The fourth-order valence-corrected chi connectivity index (χ4v) is 12.5.